The third-order valence-corrected chi connectivity index (χ3v) is 7.82. The van der Waals surface area contributed by atoms with Crippen LogP contribution in [0.3, 0.4) is 0 Å². The van der Waals surface area contributed by atoms with Crippen molar-refractivity contribution in [3.63, 3.8) is 0 Å². The Morgan fingerprint density at radius 1 is 0.829 bits per heavy atom. The van der Waals surface area contributed by atoms with E-state index in [4.69, 9.17) is 14.2 Å². The van der Waals surface area contributed by atoms with Crippen molar-refractivity contribution in [2.75, 3.05) is 13.2 Å². The Kier molecular flexibility index (Phi) is 7.53. The van der Waals surface area contributed by atoms with Crippen LogP contribution in [0.25, 0.3) is 0 Å². The molecule has 0 aromatic heterocycles. The van der Waals surface area contributed by atoms with Crippen LogP contribution in [0, 0.1) is 17.6 Å². The summed E-state index contributed by atoms with van der Waals surface area (Å²) < 4.78 is 146. The molecule has 2 aliphatic heterocycles. The Hall–Kier alpha value is -2.55. The summed E-state index contributed by atoms with van der Waals surface area (Å²) in [5, 5.41) is 0. The zero-order chi connectivity index (χ0) is 29.8. The lowest BCUT2D eigenvalue weighted by atomic mass is 9.77. The molecule has 2 heterocycles. The third-order valence-electron chi connectivity index (χ3n) is 7.82. The molecule has 0 unspecified atom stereocenters. The van der Waals surface area contributed by atoms with E-state index in [0.717, 1.165) is 49.8 Å². The van der Waals surface area contributed by atoms with E-state index in [0.29, 0.717) is 13.2 Å². The van der Waals surface area contributed by atoms with Crippen molar-refractivity contribution >= 4 is 0 Å². The molecule has 2 aromatic carbocycles. The smallest absolute Gasteiger partial charge is 0.429 e. The molecule has 0 N–H and O–H groups in total. The van der Waals surface area contributed by atoms with E-state index >= 15 is 0 Å². The highest BCUT2D eigenvalue weighted by Gasteiger charge is 2.61. The molecule has 1 aliphatic carbocycles. The molecule has 2 saturated heterocycles. The van der Waals surface area contributed by atoms with E-state index in [1.54, 1.807) is 0 Å². The van der Waals surface area contributed by atoms with Gasteiger partial charge in [0.05, 0.1) is 18.8 Å². The van der Waals surface area contributed by atoms with Crippen molar-refractivity contribution in [2.45, 2.75) is 75.1 Å². The minimum Gasteiger partial charge on any atom is -0.429 e. The number of ether oxygens (including phenoxy) is 5. The molecule has 1 saturated carbocycles. The van der Waals surface area contributed by atoms with E-state index in [1.165, 1.54) is 12.1 Å². The maximum Gasteiger partial charge on any atom is 0.527 e. The van der Waals surface area contributed by atoms with Crippen LogP contribution in [-0.2, 0) is 31.2 Å². The predicted molar refractivity (Wildman–Crippen MR) is 122 cm³/mol. The van der Waals surface area contributed by atoms with Crippen molar-refractivity contribution < 1.29 is 63.2 Å². The van der Waals surface area contributed by atoms with Crippen LogP contribution in [0.4, 0.5) is 39.5 Å². The molecular formula is C27H25F9O5. The maximum atomic E-state index is 14.8. The minimum atomic E-state index is -5.93. The maximum absolute atomic E-state index is 14.8. The lowest BCUT2D eigenvalue weighted by Gasteiger charge is -2.37. The first kappa shape index (κ1) is 29.9. The van der Waals surface area contributed by atoms with Gasteiger partial charge in [0.2, 0.25) is 0 Å². The first-order valence-corrected chi connectivity index (χ1v) is 12.9. The first-order chi connectivity index (χ1) is 19.1. The summed E-state index contributed by atoms with van der Waals surface area (Å²) in [5.41, 5.74) is -2.74. The van der Waals surface area contributed by atoms with E-state index in [9.17, 15) is 39.5 Å². The number of benzene rings is 2. The summed E-state index contributed by atoms with van der Waals surface area (Å²) >= 11 is 0. The summed E-state index contributed by atoms with van der Waals surface area (Å²) in [4.78, 5) is 0. The lowest BCUT2D eigenvalue weighted by Crippen LogP contribution is -2.42. The van der Waals surface area contributed by atoms with Crippen LogP contribution in [0.5, 0.6) is 5.75 Å². The Balaban J connectivity index is 1.23. The number of alkyl halides is 7. The molecule has 0 spiro atoms. The number of halogens is 9. The summed E-state index contributed by atoms with van der Waals surface area (Å²) in [6.45, 7) is 2.96. The Labute approximate surface area is 228 Å². The molecular weight excluding hydrogens is 575 g/mol. The quantitative estimate of drug-likeness (QED) is 0.289. The molecule has 3 aliphatic rings. The predicted octanol–water partition coefficient (Wildman–Crippen LogP) is 7.83. The van der Waals surface area contributed by atoms with E-state index in [-0.39, 0.29) is 24.0 Å². The molecule has 41 heavy (non-hydrogen) atoms. The van der Waals surface area contributed by atoms with Crippen LogP contribution >= 0.6 is 0 Å². The van der Waals surface area contributed by atoms with Gasteiger partial charge in [0.25, 0.3) is 5.97 Å². The molecule has 2 aromatic rings. The standard InChI is InChI=1S/C27H25F9O5/c1-2-23-13-37-26(40-23,38-14-23)18-9-5-16(6-10-18)15-3-7-17(8-4-15)24(30,31)39-19-11-20(28)22(21(29)12-19)25(32,33)41-27(34,35)36/h3-4,7-8,11-12,16,18H,2,5-6,9-10,13-14H2,1H3. The van der Waals surface area contributed by atoms with Gasteiger partial charge in [-0.05, 0) is 55.7 Å². The van der Waals surface area contributed by atoms with Crippen molar-refractivity contribution in [2.24, 2.45) is 5.92 Å². The van der Waals surface area contributed by atoms with Gasteiger partial charge < -0.3 is 18.9 Å². The van der Waals surface area contributed by atoms with Crippen LogP contribution in [0.15, 0.2) is 36.4 Å². The largest absolute Gasteiger partial charge is 0.527 e. The average Bonchev–Trinajstić information content (AvgIpc) is 3.45. The Morgan fingerprint density at radius 2 is 1.39 bits per heavy atom. The summed E-state index contributed by atoms with van der Waals surface area (Å²) in [6, 6.07) is 4.89. The monoisotopic (exact) mass is 600 g/mol. The lowest BCUT2D eigenvalue weighted by molar-refractivity contribution is -0.432. The molecule has 2 bridgehead atoms. The third kappa shape index (κ3) is 5.88. The van der Waals surface area contributed by atoms with Gasteiger partial charge in [-0.3, -0.25) is 0 Å². The van der Waals surface area contributed by atoms with E-state index in [1.807, 2.05) is 6.92 Å². The van der Waals surface area contributed by atoms with Gasteiger partial charge in [-0.25, -0.2) is 13.5 Å². The van der Waals surface area contributed by atoms with Gasteiger partial charge >= 0.3 is 18.6 Å². The number of rotatable bonds is 8. The second-order valence-corrected chi connectivity index (χ2v) is 10.4. The highest BCUT2D eigenvalue weighted by atomic mass is 19.4. The molecule has 5 rings (SSSR count). The molecule has 3 fully saturated rings. The van der Waals surface area contributed by atoms with Gasteiger partial charge in [0, 0.05) is 18.1 Å². The van der Waals surface area contributed by atoms with Gasteiger partial charge in [-0.15, -0.1) is 13.2 Å². The van der Waals surface area contributed by atoms with Crippen LogP contribution < -0.4 is 4.74 Å². The SMILES string of the molecule is CCC12COC(C3CCC(c4ccc(C(F)(F)Oc5cc(F)c(C(F)(F)OC(F)(F)F)c(F)c5)cc4)CC3)(OC1)O2. The van der Waals surface area contributed by atoms with E-state index in [2.05, 4.69) is 9.47 Å². The van der Waals surface area contributed by atoms with Crippen molar-refractivity contribution in [3.05, 3.63) is 64.7 Å². The zero-order valence-electron chi connectivity index (χ0n) is 21.5. The van der Waals surface area contributed by atoms with Gasteiger partial charge in [-0.1, -0.05) is 19.1 Å². The van der Waals surface area contributed by atoms with Gasteiger partial charge in [-0.2, -0.15) is 17.6 Å². The topological polar surface area (TPSA) is 46.2 Å². The van der Waals surface area contributed by atoms with Crippen molar-refractivity contribution in [3.8, 4) is 5.75 Å². The Morgan fingerprint density at radius 3 is 1.88 bits per heavy atom. The minimum absolute atomic E-state index is 0.0267. The molecule has 5 nitrogen and oxygen atoms in total. The number of hydrogen-bond donors (Lipinski definition) is 0. The second kappa shape index (κ2) is 10.3. The summed E-state index contributed by atoms with van der Waals surface area (Å²) in [5.74, 6) is -6.72. The highest BCUT2D eigenvalue weighted by molar-refractivity contribution is 5.34. The fraction of sp³-hybridized carbons (Fsp3) is 0.556. The Bertz CT molecular complexity index is 1230. The summed E-state index contributed by atoms with van der Waals surface area (Å²) in [7, 11) is 0. The second-order valence-electron chi connectivity index (χ2n) is 10.4. The normalized spacial score (nSPS) is 28.7. The fourth-order valence-electron chi connectivity index (χ4n) is 5.58. The van der Waals surface area contributed by atoms with Crippen molar-refractivity contribution in [1.29, 1.82) is 0 Å². The highest BCUT2D eigenvalue weighted by Crippen LogP contribution is 2.51. The van der Waals surface area contributed by atoms with Gasteiger partial charge in [0.1, 0.15) is 28.5 Å². The molecule has 14 heteroatoms. The van der Waals surface area contributed by atoms with Crippen LogP contribution in [0.2, 0.25) is 0 Å². The van der Waals surface area contributed by atoms with Gasteiger partial charge in [0.15, 0.2) is 0 Å². The fourth-order valence-corrected chi connectivity index (χ4v) is 5.58. The van der Waals surface area contributed by atoms with E-state index < -0.39 is 58.7 Å². The summed E-state index contributed by atoms with van der Waals surface area (Å²) in [6.07, 6.45) is -11.9. The van der Waals surface area contributed by atoms with Crippen molar-refractivity contribution in [1.82, 2.24) is 0 Å². The molecule has 0 amide bonds. The number of fused-ring (bicyclic) bond motifs is 2. The first-order valence-electron chi connectivity index (χ1n) is 12.9. The molecule has 0 atom stereocenters. The number of hydrogen-bond acceptors (Lipinski definition) is 5. The molecule has 0 radical (unpaired) electrons. The van der Waals surface area contributed by atoms with Crippen LogP contribution in [-0.4, -0.2) is 31.2 Å². The zero-order valence-corrected chi connectivity index (χ0v) is 21.5. The molecule has 226 valence electrons. The average molecular weight is 600 g/mol. The van der Waals surface area contributed by atoms with Crippen LogP contribution in [0.1, 0.15) is 61.6 Å².